The molecule has 0 unspecified atom stereocenters. The molecule has 3 rings (SSSR count). The number of nitrogens with one attached hydrogen (secondary N) is 2. The van der Waals surface area contributed by atoms with Crippen molar-refractivity contribution in [2.75, 3.05) is 38.8 Å². The third kappa shape index (κ3) is 7.98. The van der Waals surface area contributed by atoms with Crippen LogP contribution in [0, 0.1) is 0 Å². The summed E-state index contributed by atoms with van der Waals surface area (Å²) < 4.78 is 10.8. The summed E-state index contributed by atoms with van der Waals surface area (Å²) in [7, 11) is 3.45. The predicted molar refractivity (Wildman–Crippen MR) is 139 cm³/mol. The predicted octanol–water partition coefficient (Wildman–Crippen LogP) is 3.71. The lowest BCUT2D eigenvalue weighted by Crippen LogP contribution is -2.36. The second kappa shape index (κ2) is 13.9. The molecular formula is C24H33IN4O3. The van der Waals surface area contributed by atoms with Crippen LogP contribution in [0.25, 0.3) is 0 Å². The fraction of sp³-hybridized carbons (Fsp3) is 0.417. The summed E-state index contributed by atoms with van der Waals surface area (Å²) in [5.74, 6) is 1.79. The van der Waals surface area contributed by atoms with E-state index in [4.69, 9.17) is 9.47 Å². The quantitative estimate of drug-likeness (QED) is 0.204. The number of halogens is 1. The van der Waals surface area contributed by atoms with Crippen LogP contribution in [0.5, 0.6) is 5.75 Å². The fourth-order valence-electron chi connectivity index (χ4n) is 3.45. The minimum absolute atomic E-state index is 0. The monoisotopic (exact) mass is 552 g/mol. The van der Waals surface area contributed by atoms with E-state index in [-0.39, 0.29) is 29.9 Å². The van der Waals surface area contributed by atoms with Crippen LogP contribution in [0.1, 0.15) is 30.4 Å². The Bertz CT molecular complexity index is 874. The first-order valence-electron chi connectivity index (χ1n) is 10.7. The largest absolute Gasteiger partial charge is 0.493 e. The first-order chi connectivity index (χ1) is 15.2. The van der Waals surface area contributed by atoms with Crippen LogP contribution in [-0.4, -0.2) is 45.8 Å². The molecule has 8 heteroatoms. The highest BCUT2D eigenvalue weighted by Gasteiger charge is 2.21. The van der Waals surface area contributed by atoms with E-state index < -0.39 is 0 Å². The number of rotatable bonds is 10. The second-order valence-electron chi connectivity index (χ2n) is 7.44. The van der Waals surface area contributed by atoms with Gasteiger partial charge in [0.2, 0.25) is 5.91 Å². The van der Waals surface area contributed by atoms with Gasteiger partial charge in [-0.25, -0.2) is 0 Å². The zero-order chi connectivity index (χ0) is 21.9. The minimum Gasteiger partial charge on any atom is -0.493 e. The third-order valence-electron chi connectivity index (χ3n) is 5.12. The molecule has 32 heavy (non-hydrogen) atoms. The van der Waals surface area contributed by atoms with E-state index in [1.54, 1.807) is 14.2 Å². The average molecular weight is 552 g/mol. The van der Waals surface area contributed by atoms with Crippen molar-refractivity contribution in [2.24, 2.45) is 4.99 Å². The van der Waals surface area contributed by atoms with Crippen LogP contribution in [0.15, 0.2) is 53.5 Å². The van der Waals surface area contributed by atoms with Gasteiger partial charge in [0.25, 0.3) is 0 Å². The standard InChI is InChI=1S/C24H32N4O3.HI/c1-25-24(27-18-20-6-3-7-22(16-20)31-15-5-14-30-2)26-17-19-9-11-21(12-10-19)28-13-4-8-23(28)29;/h3,6-7,9-12,16H,4-5,8,13-15,17-18H2,1-2H3,(H2,25,26,27);1H. The molecule has 1 heterocycles. The van der Waals surface area contributed by atoms with E-state index in [1.807, 2.05) is 47.4 Å². The first kappa shape index (κ1) is 25.9. The molecule has 0 radical (unpaired) electrons. The zero-order valence-electron chi connectivity index (χ0n) is 18.8. The summed E-state index contributed by atoms with van der Waals surface area (Å²) in [5, 5.41) is 6.66. The van der Waals surface area contributed by atoms with Crippen molar-refractivity contribution in [3.63, 3.8) is 0 Å². The number of hydrogen-bond acceptors (Lipinski definition) is 4. The maximum atomic E-state index is 11.9. The lowest BCUT2D eigenvalue weighted by Gasteiger charge is -2.16. The molecule has 2 N–H and O–H groups in total. The van der Waals surface area contributed by atoms with Gasteiger partial charge in [0.15, 0.2) is 5.96 Å². The maximum Gasteiger partial charge on any atom is 0.227 e. The van der Waals surface area contributed by atoms with Gasteiger partial charge < -0.3 is 25.0 Å². The molecule has 1 saturated heterocycles. The Kier molecular flexibility index (Phi) is 11.3. The highest BCUT2D eigenvalue weighted by molar-refractivity contribution is 14.0. The number of carbonyl (C=O) groups is 1. The molecule has 2 aromatic rings. The van der Waals surface area contributed by atoms with Crippen molar-refractivity contribution in [3.05, 3.63) is 59.7 Å². The molecule has 0 aliphatic carbocycles. The molecule has 0 aromatic heterocycles. The number of nitrogens with zero attached hydrogens (tertiary/aromatic N) is 2. The molecule has 174 valence electrons. The molecule has 1 amide bonds. The van der Waals surface area contributed by atoms with Gasteiger partial charge in [0.1, 0.15) is 5.75 Å². The van der Waals surface area contributed by atoms with Crippen LogP contribution in [0.3, 0.4) is 0 Å². The van der Waals surface area contributed by atoms with Crippen LogP contribution in [0.4, 0.5) is 5.69 Å². The van der Waals surface area contributed by atoms with Crippen LogP contribution < -0.4 is 20.3 Å². The second-order valence-corrected chi connectivity index (χ2v) is 7.44. The summed E-state index contributed by atoms with van der Waals surface area (Å²) in [5.41, 5.74) is 3.22. The van der Waals surface area contributed by atoms with Crippen molar-refractivity contribution in [3.8, 4) is 5.75 Å². The molecule has 0 spiro atoms. The maximum absolute atomic E-state index is 11.9. The Morgan fingerprint density at radius 3 is 2.47 bits per heavy atom. The van der Waals surface area contributed by atoms with Crippen LogP contribution >= 0.6 is 24.0 Å². The Morgan fingerprint density at radius 1 is 1.06 bits per heavy atom. The van der Waals surface area contributed by atoms with Gasteiger partial charge in [0, 0.05) is 58.9 Å². The Balaban J connectivity index is 0.00000363. The third-order valence-corrected chi connectivity index (χ3v) is 5.12. The highest BCUT2D eigenvalue weighted by atomic mass is 127. The van der Waals surface area contributed by atoms with Crippen molar-refractivity contribution < 1.29 is 14.3 Å². The Hall–Kier alpha value is -2.33. The first-order valence-corrected chi connectivity index (χ1v) is 10.7. The molecule has 0 saturated carbocycles. The summed E-state index contributed by atoms with van der Waals surface area (Å²) in [4.78, 5) is 18.0. The highest BCUT2D eigenvalue weighted by Crippen LogP contribution is 2.21. The zero-order valence-corrected chi connectivity index (χ0v) is 21.1. The van der Waals surface area contributed by atoms with E-state index in [1.165, 1.54) is 0 Å². The summed E-state index contributed by atoms with van der Waals surface area (Å²) in [6.45, 7) is 3.44. The van der Waals surface area contributed by atoms with Gasteiger partial charge in [-0.05, 0) is 41.8 Å². The summed E-state index contributed by atoms with van der Waals surface area (Å²) in [6.07, 6.45) is 2.45. The smallest absolute Gasteiger partial charge is 0.227 e. The number of aliphatic imine (C=N–C) groups is 1. The number of amides is 1. The van der Waals surface area contributed by atoms with Crippen molar-refractivity contribution in [1.29, 1.82) is 0 Å². The molecule has 2 aromatic carbocycles. The van der Waals surface area contributed by atoms with E-state index in [2.05, 4.69) is 21.7 Å². The molecule has 1 aliphatic rings. The average Bonchev–Trinajstić information content (AvgIpc) is 3.23. The lowest BCUT2D eigenvalue weighted by atomic mass is 10.2. The van der Waals surface area contributed by atoms with E-state index in [9.17, 15) is 4.79 Å². The van der Waals surface area contributed by atoms with E-state index >= 15 is 0 Å². The van der Waals surface area contributed by atoms with E-state index in [0.29, 0.717) is 32.7 Å². The number of hydrogen-bond donors (Lipinski definition) is 2. The lowest BCUT2D eigenvalue weighted by molar-refractivity contribution is -0.117. The Morgan fingerprint density at radius 2 is 1.81 bits per heavy atom. The number of guanidine groups is 1. The van der Waals surface area contributed by atoms with Gasteiger partial charge in [-0.15, -0.1) is 24.0 Å². The topological polar surface area (TPSA) is 75.2 Å². The molecule has 7 nitrogen and oxygen atoms in total. The summed E-state index contributed by atoms with van der Waals surface area (Å²) in [6, 6.07) is 16.2. The summed E-state index contributed by atoms with van der Waals surface area (Å²) >= 11 is 0. The van der Waals surface area contributed by atoms with Gasteiger partial charge in [-0.1, -0.05) is 24.3 Å². The van der Waals surface area contributed by atoms with Gasteiger partial charge >= 0.3 is 0 Å². The molecule has 1 fully saturated rings. The number of carbonyl (C=O) groups excluding carboxylic acids is 1. The number of benzene rings is 2. The Labute approximate surface area is 207 Å². The number of ether oxygens (including phenoxy) is 2. The molecule has 0 bridgehead atoms. The minimum atomic E-state index is 0. The van der Waals surface area contributed by atoms with Gasteiger partial charge in [0.05, 0.1) is 6.61 Å². The van der Waals surface area contributed by atoms with Gasteiger partial charge in [-0.3, -0.25) is 9.79 Å². The normalized spacial score (nSPS) is 13.6. The van der Waals surface area contributed by atoms with E-state index in [0.717, 1.165) is 47.9 Å². The fourth-order valence-corrected chi connectivity index (χ4v) is 3.45. The number of anilines is 1. The number of methoxy groups -OCH3 is 1. The van der Waals surface area contributed by atoms with Crippen molar-refractivity contribution in [2.45, 2.75) is 32.4 Å². The molecular weight excluding hydrogens is 519 g/mol. The SMILES string of the molecule is CN=C(NCc1ccc(N2CCCC2=O)cc1)NCc1cccc(OCCCOC)c1.I. The van der Waals surface area contributed by atoms with Crippen LogP contribution in [-0.2, 0) is 22.6 Å². The molecule has 1 aliphatic heterocycles. The van der Waals surface area contributed by atoms with Crippen molar-refractivity contribution >= 4 is 41.5 Å². The molecule has 0 atom stereocenters. The van der Waals surface area contributed by atoms with Crippen molar-refractivity contribution in [1.82, 2.24) is 10.6 Å². The van der Waals surface area contributed by atoms with Crippen LogP contribution in [0.2, 0.25) is 0 Å². The van der Waals surface area contributed by atoms with Gasteiger partial charge in [-0.2, -0.15) is 0 Å².